The predicted octanol–water partition coefficient (Wildman–Crippen LogP) is 1.75. The van der Waals surface area contributed by atoms with E-state index in [2.05, 4.69) is 17.0 Å². The lowest BCUT2D eigenvalue weighted by atomic mass is 10.2. The van der Waals surface area contributed by atoms with Crippen molar-refractivity contribution in [1.29, 1.82) is 0 Å². The molecule has 0 radical (unpaired) electrons. The highest BCUT2D eigenvalue weighted by Gasteiger charge is 2.24. The average molecular weight is 249 g/mol. The molecule has 0 saturated carbocycles. The Balaban J connectivity index is 1.82. The number of benzene rings is 1. The lowest BCUT2D eigenvalue weighted by Crippen LogP contribution is -2.33. The number of nitrogens with zero attached hydrogens (tertiary/aromatic N) is 1. The van der Waals surface area contributed by atoms with Crippen molar-refractivity contribution in [2.45, 2.75) is 25.4 Å². The first-order chi connectivity index (χ1) is 8.75. The van der Waals surface area contributed by atoms with Crippen molar-refractivity contribution in [3.05, 3.63) is 35.9 Å². The molecule has 1 aromatic rings. The summed E-state index contributed by atoms with van der Waals surface area (Å²) in [5.41, 5.74) is 1.29. The van der Waals surface area contributed by atoms with Gasteiger partial charge in [0.15, 0.2) is 0 Å². The molecule has 1 N–H and O–H groups in total. The minimum atomic E-state index is -0.900. The fraction of sp³-hybridized carbons (Fsp3) is 0.500. The summed E-state index contributed by atoms with van der Waals surface area (Å²) in [5.74, 6) is -0.900. The maximum Gasteiger partial charge on any atom is 0.329 e. The van der Waals surface area contributed by atoms with Gasteiger partial charge in [0, 0.05) is 12.6 Å². The van der Waals surface area contributed by atoms with Crippen LogP contribution in [0.4, 0.5) is 0 Å². The first kappa shape index (κ1) is 13.1. The molecule has 1 aliphatic rings. The van der Waals surface area contributed by atoms with Crippen LogP contribution >= 0.6 is 0 Å². The van der Waals surface area contributed by atoms with E-state index < -0.39 is 5.97 Å². The van der Waals surface area contributed by atoms with Gasteiger partial charge in [-0.3, -0.25) is 4.90 Å². The van der Waals surface area contributed by atoms with Crippen molar-refractivity contribution in [2.24, 2.45) is 0 Å². The van der Waals surface area contributed by atoms with Gasteiger partial charge >= 0.3 is 5.97 Å². The Bertz CT molecular complexity index is 380. The van der Waals surface area contributed by atoms with E-state index in [9.17, 15) is 4.79 Å². The summed E-state index contributed by atoms with van der Waals surface area (Å²) in [6, 6.07) is 10.7. The molecule has 1 heterocycles. The summed E-state index contributed by atoms with van der Waals surface area (Å²) < 4.78 is 5.21. The average Bonchev–Trinajstić information content (AvgIpc) is 2.78. The smallest absolute Gasteiger partial charge is 0.329 e. The minimum absolute atomic E-state index is 0.199. The Morgan fingerprint density at radius 2 is 2.17 bits per heavy atom. The normalized spacial score (nSPS) is 20.1. The van der Waals surface area contributed by atoms with Gasteiger partial charge in [0.25, 0.3) is 0 Å². The Labute approximate surface area is 107 Å². The molecule has 18 heavy (non-hydrogen) atoms. The summed E-state index contributed by atoms with van der Waals surface area (Å²) in [7, 11) is 0. The molecule has 0 aliphatic carbocycles. The van der Waals surface area contributed by atoms with E-state index in [0.29, 0.717) is 12.6 Å². The van der Waals surface area contributed by atoms with E-state index >= 15 is 0 Å². The lowest BCUT2D eigenvalue weighted by molar-refractivity contribution is -0.142. The van der Waals surface area contributed by atoms with Gasteiger partial charge in [0.1, 0.15) is 6.61 Å². The maximum absolute atomic E-state index is 10.4. The van der Waals surface area contributed by atoms with Crippen molar-refractivity contribution in [3.63, 3.8) is 0 Å². The number of carboxylic acids is 1. The molecular formula is C14H19NO3. The Kier molecular flexibility index (Phi) is 4.73. The molecule has 2 rings (SSSR count). The Morgan fingerprint density at radius 3 is 2.89 bits per heavy atom. The van der Waals surface area contributed by atoms with Crippen LogP contribution in [0, 0.1) is 0 Å². The molecule has 4 nitrogen and oxygen atoms in total. The number of carboxylic acid groups (broad SMARTS) is 1. The number of hydrogen-bond donors (Lipinski definition) is 1. The van der Waals surface area contributed by atoms with Crippen LogP contribution in [0.3, 0.4) is 0 Å². The highest BCUT2D eigenvalue weighted by atomic mass is 16.5. The van der Waals surface area contributed by atoms with E-state index in [1.165, 1.54) is 5.56 Å². The third kappa shape index (κ3) is 3.82. The van der Waals surface area contributed by atoms with Crippen LogP contribution in [0.2, 0.25) is 0 Å². The van der Waals surface area contributed by atoms with Gasteiger partial charge in [-0.15, -0.1) is 0 Å². The topological polar surface area (TPSA) is 49.8 Å². The Hall–Kier alpha value is -1.39. The zero-order chi connectivity index (χ0) is 12.8. The first-order valence-electron chi connectivity index (χ1n) is 6.33. The fourth-order valence-electron chi connectivity index (χ4n) is 2.39. The van der Waals surface area contributed by atoms with Gasteiger partial charge in [-0.1, -0.05) is 30.3 Å². The van der Waals surface area contributed by atoms with Crippen molar-refractivity contribution >= 4 is 5.97 Å². The van der Waals surface area contributed by atoms with Crippen LogP contribution in [0.5, 0.6) is 0 Å². The second kappa shape index (κ2) is 6.52. The molecule has 1 fully saturated rings. The maximum atomic E-state index is 10.4. The number of likely N-dealkylation sites (tertiary alicyclic amines) is 1. The molecule has 0 bridgehead atoms. The Morgan fingerprint density at radius 1 is 1.39 bits per heavy atom. The number of hydrogen-bond acceptors (Lipinski definition) is 3. The molecule has 0 spiro atoms. The van der Waals surface area contributed by atoms with Crippen LogP contribution in [0.1, 0.15) is 18.4 Å². The van der Waals surface area contributed by atoms with Crippen molar-refractivity contribution in [1.82, 2.24) is 4.90 Å². The molecule has 1 atom stereocenters. The van der Waals surface area contributed by atoms with Crippen LogP contribution in [0.25, 0.3) is 0 Å². The van der Waals surface area contributed by atoms with Gasteiger partial charge in [-0.05, 0) is 24.9 Å². The molecule has 0 aromatic heterocycles. The van der Waals surface area contributed by atoms with Crippen LogP contribution < -0.4 is 0 Å². The molecule has 0 unspecified atom stereocenters. The van der Waals surface area contributed by atoms with E-state index in [4.69, 9.17) is 9.84 Å². The standard InChI is InChI=1S/C14H19NO3/c16-14(17)11-18-10-13-7-4-8-15(13)9-12-5-2-1-3-6-12/h1-3,5-6,13H,4,7-11H2,(H,16,17)/t13-/m1/s1. The first-order valence-corrected chi connectivity index (χ1v) is 6.33. The van der Waals surface area contributed by atoms with E-state index in [1.807, 2.05) is 18.2 Å². The second-order valence-corrected chi connectivity index (χ2v) is 4.66. The van der Waals surface area contributed by atoms with E-state index in [1.54, 1.807) is 0 Å². The highest BCUT2D eigenvalue weighted by Crippen LogP contribution is 2.20. The van der Waals surface area contributed by atoms with Gasteiger partial charge in [0.2, 0.25) is 0 Å². The van der Waals surface area contributed by atoms with Crippen LogP contribution in [-0.4, -0.2) is 41.8 Å². The number of rotatable bonds is 6. The predicted molar refractivity (Wildman–Crippen MR) is 68.3 cm³/mol. The lowest BCUT2D eigenvalue weighted by Gasteiger charge is -2.24. The molecule has 1 aromatic carbocycles. The summed E-state index contributed by atoms with van der Waals surface area (Å²) in [6.45, 7) is 2.30. The number of ether oxygens (including phenoxy) is 1. The van der Waals surface area contributed by atoms with Crippen molar-refractivity contribution in [3.8, 4) is 0 Å². The van der Waals surface area contributed by atoms with Crippen molar-refractivity contribution in [2.75, 3.05) is 19.8 Å². The van der Waals surface area contributed by atoms with Crippen molar-refractivity contribution < 1.29 is 14.6 Å². The van der Waals surface area contributed by atoms with Gasteiger partial charge in [-0.2, -0.15) is 0 Å². The third-order valence-corrected chi connectivity index (χ3v) is 3.26. The summed E-state index contributed by atoms with van der Waals surface area (Å²) in [5, 5.41) is 8.55. The van der Waals surface area contributed by atoms with Gasteiger partial charge in [-0.25, -0.2) is 4.79 Å². The fourth-order valence-corrected chi connectivity index (χ4v) is 2.39. The molecule has 4 heteroatoms. The molecule has 1 aliphatic heterocycles. The minimum Gasteiger partial charge on any atom is -0.480 e. The number of aliphatic carboxylic acids is 1. The largest absolute Gasteiger partial charge is 0.480 e. The molecule has 1 saturated heterocycles. The molecule has 98 valence electrons. The summed E-state index contributed by atoms with van der Waals surface area (Å²) >= 11 is 0. The van der Waals surface area contributed by atoms with E-state index in [-0.39, 0.29) is 6.61 Å². The summed E-state index contributed by atoms with van der Waals surface area (Å²) in [6.07, 6.45) is 2.25. The van der Waals surface area contributed by atoms with Gasteiger partial charge < -0.3 is 9.84 Å². The number of carbonyl (C=O) groups is 1. The molecular weight excluding hydrogens is 230 g/mol. The van der Waals surface area contributed by atoms with Gasteiger partial charge in [0.05, 0.1) is 6.61 Å². The summed E-state index contributed by atoms with van der Waals surface area (Å²) in [4.78, 5) is 12.8. The molecule has 0 amide bonds. The van der Waals surface area contributed by atoms with Crippen LogP contribution in [0.15, 0.2) is 30.3 Å². The quantitative estimate of drug-likeness (QED) is 0.834. The third-order valence-electron chi connectivity index (χ3n) is 3.26. The highest BCUT2D eigenvalue weighted by molar-refractivity contribution is 5.67. The zero-order valence-corrected chi connectivity index (χ0v) is 10.4. The SMILES string of the molecule is O=C(O)COC[C@H]1CCCN1Cc1ccccc1. The zero-order valence-electron chi connectivity index (χ0n) is 10.4. The monoisotopic (exact) mass is 249 g/mol. The van der Waals surface area contributed by atoms with E-state index in [0.717, 1.165) is 25.9 Å². The van der Waals surface area contributed by atoms with Crippen LogP contribution in [-0.2, 0) is 16.1 Å². The second-order valence-electron chi connectivity index (χ2n) is 4.66.